The molecule has 0 radical (unpaired) electrons. The zero-order chi connectivity index (χ0) is 12.6. The van der Waals surface area contributed by atoms with Crippen molar-refractivity contribution in [2.24, 2.45) is 0 Å². The van der Waals surface area contributed by atoms with Crippen molar-refractivity contribution in [1.82, 2.24) is 0 Å². The monoisotopic (exact) mass is 242 g/mol. The first kappa shape index (κ1) is 16.6. The maximum atomic E-state index is 10.0. The fourth-order valence-corrected chi connectivity index (χ4v) is 1.93. The van der Waals surface area contributed by atoms with Gasteiger partial charge < -0.3 is 9.53 Å². The second-order valence-electron chi connectivity index (χ2n) is 4.75. The Bertz CT molecular complexity index is 146. The van der Waals surface area contributed by atoms with E-state index in [0.29, 0.717) is 13.0 Å². The molecule has 0 saturated heterocycles. The molecule has 0 aromatic heterocycles. The van der Waals surface area contributed by atoms with Crippen LogP contribution in [-0.4, -0.2) is 19.5 Å². The lowest BCUT2D eigenvalue weighted by Crippen LogP contribution is -1.97. The maximum absolute atomic E-state index is 10.0. The minimum Gasteiger partial charge on any atom is -0.381 e. The number of hydrogen-bond acceptors (Lipinski definition) is 2. The normalized spacial score (nSPS) is 10.6. The molecule has 0 saturated carbocycles. The molecule has 0 N–H and O–H groups in total. The second kappa shape index (κ2) is 15.6. The van der Waals surface area contributed by atoms with Gasteiger partial charge in [0, 0.05) is 13.0 Å². The highest BCUT2D eigenvalue weighted by Gasteiger charge is 1.93. The quantitative estimate of drug-likeness (QED) is 0.331. The van der Waals surface area contributed by atoms with Crippen molar-refractivity contribution in [2.75, 3.05) is 13.2 Å². The Balaban J connectivity index is 2.87. The molecule has 2 nitrogen and oxygen atoms in total. The maximum Gasteiger partial charge on any atom is 0.122 e. The summed E-state index contributed by atoms with van der Waals surface area (Å²) in [5, 5.41) is 0. The van der Waals surface area contributed by atoms with Crippen LogP contribution in [0.3, 0.4) is 0 Å². The van der Waals surface area contributed by atoms with Crippen LogP contribution < -0.4 is 0 Å². The third-order valence-corrected chi connectivity index (χ3v) is 3.02. The van der Waals surface area contributed by atoms with Gasteiger partial charge in [0.1, 0.15) is 6.29 Å². The van der Waals surface area contributed by atoms with E-state index in [1.807, 2.05) is 0 Å². The van der Waals surface area contributed by atoms with Crippen LogP contribution in [0, 0.1) is 0 Å². The van der Waals surface area contributed by atoms with Crippen LogP contribution in [0.1, 0.15) is 77.6 Å². The van der Waals surface area contributed by atoms with Gasteiger partial charge in [-0.2, -0.15) is 0 Å². The fraction of sp³-hybridized carbons (Fsp3) is 0.933. The van der Waals surface area contributed by atoms with E-state index in [-0.39, 0.29) is 0 Å². The Labute approximate surface area is 107 Å². The zero-order valence-electron chi connectivity index (χ0n) is 11.6. The van der Waals surface area contributed by atoms with Crippen molar-refractivity contribution in [3.8, 4) is 0 Å². The molecule has 0 bridgehead atoms. The Morgan fingerprint density at radius 1 is 0.765 bits per heavy atom. The van der Waals surface area contributed by atoms with Crippen LogP contribution >= 0.6 is 0 Å². The summed E-state index contributed by atoms with van der Waals surface area (Å²) in [7, 11) is 0. The lowest BCUT2D eigenvalue weighted by atomic mass is 10.1. The van der Waals surface area contributed by atoms with E-state index in [1.165, 1.54) is 57.8 Å². The number of aldehydes is 1. The van der Waals surface area contributed by atoms with E-state index in [9.17, 15) is 4.79 Å². The number of carbonyl (C=O) groups is 1. The second-order valence-corrected chi connectivity index (χ2v) is 4.75. The summed E-state index contributed by atoms with van der Waals surface area (Å²) in [4.78, 5) is 10.0. The molecule has 102 valence electrons. The number of ether oxygens (including phenoxy) is 1. The highest BCUT2D eigenvalue weighted by Crippen LogP contribution is 2.10. The van der Waals surface area contributed by atoms with E-state index in [4.69, 9.17) is 4.74 Å². The molecule has 0 aliphatic carbocycles. The predicted molar refractivity (Wildman–Crippen MR) is 73.3 cm³/mol. The van der Waals surface area contributed by atoms with Gasteiger partial charge in [0.25, 0.3) is 0 Å². The summed E-state index contributed by atoms with van der Waals surface area (Å²) in [6, 6.07) is 0. The van der Waals surface area contributed by atoms with Crippen molar-refractivity contribution >= 4 is 6.29 Å². The highest BCUT2D eigenvalue weighted by atomic mass is 16.5. The SMILES string of the molecule is CCCCCCCCCCCCOCCC=O. The lowest BCUT2D eigenvalue weighted by Gasteiger charge is -2.03. The largest absolute Gasteiger partial charge is 0.381 e. The smallest absolute Gasteiger partial charge is 0.122 e. The molecule has 0 spiro atoms. The molecule has 0 atom stereocenters. The van der Waals surface area contributed by atoms with Crippen LogP contribution in [0.25, 0.3) is 0 Å². The van der Waals surface area contributed by atoms with Crippen molar-refractivity contribution in [3.05, 3.63) is 0 Å². The van der Waals surface area contributed by atoms with E-state index in [2.05, 4.69) is 6.92 Å². The first-order valence-corrected chi connectivity index (χ1v) is 7.43. The highest BCUT2D eigenvalue weighted by molar-refractivity contribution is 5.49. The molecule has 0 aliphatic rings. The van der Waals surface area contributed by atoms with Crippen molar-refractivity contribution < 1.29 is 9.53 Å². The Kier molecular flexibility index (Phi) is 15.3. The van der Waals surface area contributed by atoms with E-state index < -0.39 is 0 Å². The first-order chi connectivity index (χ1) is 8.41. The molecular weight excluding hydrogens is 212 g/mol. The van der Waals surface area contributed by atoms with Crippen molar-refractivity contribution in [2.45, 2.75) is 77.6 Å². The third-order valence-electron chi connectivity index (χ3n) is 3.02. The number of carbonyl (C=O) groups excluding carboxylic acids is 1. The summed E-state index contributed by atoms with van der Waals surface area (Å²) in [5.74, 6) is 0. The van der Waals surface area contributed by atoms with Gasteiger partial charge in [-0.1, -0.05) is 64.7 Å². The van der Waals surface area contributed by atoms with Crippen LogP contribution in [0.15, 0.2) is 0 Å². The minimum absolute atomic E-state index is 0.539. The zero-order valence-corrected chi connectivity index (χ0v) is 11.6. The van der Waals surface area contributed by atoms with Gasteiger partial charge in [-0.3, -0.25) is 0 Å². The average Bonchev–Trinajstić information content (AvgIpc) is 2.35. The van der Waals surface area contributed by atoms with Crippen LogP contribution in [0.2, 0.25) is 0 Å². The minimum atomic E-state index is 0.539. The number of rotatable bonds is 14. The molecule has 0 fully saturated rings. The van der Waals surface area contributed by atoms with Gasteiger partial charge in [-0.15, -0.1) is 0 Å². The van der Waals surface area contributed by atoms with E-state index >= 15 is 0 Å². The molecule has 0 rings (SSSR count). The van der Waals surface area contributed by atoms with Gasteiger partial charge in [-0.25, -0.2) is 0 Å². The number of unbranched alkanes of at least 4 members (excludes halogenated alkanes) is 9. The molecular formula is C15H30O2. The van der Waals surface area contributed by atoms with Gasteiger partial charge in [0.05, 0.1) is 6.61 Å². The number of hydrogen-bond donors (Lipinski definition) is 0. The summed E-state index contributed by atoms with van der Waals surface area (Å²) >= 11 is 0. The molecule has 0 aromatic rings. The standard InChI is InChI=1S/C15H30O2/c1-2-3-4-5-6-7-8-9-10-11-14-17-15-12-13-16/h13H,2-12,14-15H2,1H3. The average molecular weight is 242 g/mol. The van der Waals surface area contributed by atoms with Gasteiger partial charge in [-0.05, 0) is 6.42 Å². The van der Waals surface area contributed by atoms with E-state index in [1.54, 1.807) is 0 Å². The summed E-state index contributed by atoms with van der Waals surface area (Å²) < 4.78 is 5.31. The summed E-state index contributed by atoms with van der Waals surface area (Å²) in [6.07, 6.45) is 15.0. The molecule has 0 heterocycles. The molecule has 17 heavy (non-hydrogen) atoms. The molecule has 0 amide bonds. The molecule has 0 aliphatic heterocycles. The topological polar surface area (TPSA) is 26.3 Å². The molecule has 2 heteroatoms. The van der Waals surface area contributed by atoms with Gasteiger partial charge in [0.15, 0.2) is 0 Å². The predicted octanol–water partition coefficient (Wildman–Crippen LogP) is 4.51. The first-order valence-electron chi connectivity index (χ1n) is 7.43. The molecule has 0 aromatic carbocycles. The molecule has 0 unspecified atom stereocenters. The Morgan fingerprint density at radius 3 is 1.82 bits per heavy atom. The Hall–Kier alpha value is -0.370. The van der Waals surface area contributed by atoms with Crippen molar-refractivity contribution in [3.63, 3.8) is 0 Å². The summed E-state index contributed by atoms with van der Waals surface area (Å²) in [5.41, 5.74) is 0. The third kappa shape index (κ3) is 15.6. The lowest BCUT2D eigenvalue weighted by molar-refractivity contribution is -0.108. The van der Waals surface area contributed by atoms with Crippen LogP contribution in [-0.2, 0) is 9.53 Å². The van der Waals surface area contributed by atoms with Gasteiger partial charge in [0.2, 0.25) is 0 Å². The van der Waals surface area contributed by atoms with Crippen LogP contribution in [0.5, 0.6) is 0 Å². The van der Waals surface area contributed by atoms with Crippen molar-refractivity contribution in [1.29, 1.82) is 0 Å². The Morgan fingerprint density at radius 2 is 1.29 bits per heavy atom. The van der Waals surface area contributed by atoms with E-state index in [0.717, 1.165) is 19.3 Å². The van der Waals surface area contributed by atoms with Crippen LogP contribution in [0.4, 0.5) is 0 Å². The summed E-state index contributed by atoms with van der Waals surface area (Å²) in [6.45, 7) is 3.68. The van der Waals surface area contributed by atoms with Gasteiger partial charge >= 0.3 is 0 Å². The fourth-order valence-electron chi connectivity index (χ4n) is 1.93.